The molecule has 4 nitrogen and oxygen atoms in total. The molecular weight excluding hydrogens is 298 g/mol. The minimum Gasteiger partial charge on any atom is -0.481 e. The van der Waals surface area contributed by atoms with E-state index in [4.69, 9.17) is 5.11 Å². The van der Waals surface area contributed by atoms with Crippen LogP contribution in [0.15, 0.2) is 28.7 Å². The van der Waals surface area contributed by atoms with Crippen LogP contribution >= 0.6 is 15.9 Å². The van der Waals surface area contributed by atoms with Gasteiger partial charge in [0.25, 0.3) is 5.91 Å². The Morgan fingerprint density at radius 2 is 2.17 bits per heavy atom. The third-order valence-corrected chi connectivity index (χ3v) is 3.84. The quantitative estimate of drug-likeness (QED) is 0.912. The van der Waals surface area contributed by atoms with Crippen LogP contribution in [-0.4, -0.2) is 35.0 Å². The van der Waals surface area contributed by atoms with Crippen LogP contribution in [0.5, 0.6) is 0 Å². The molecule has 96 valence electrons. The highest BCUT2D eigenvalue weighted by molar-refractivity contribution is 9.10. The lowest BCUT2D eigenvalue weighted by atomic mass is 9.90. The van der Waals surface area contributed by atoms with Crippen LogP contribution in [0.1, 0.15) is 23.7 Å². The number of carboxylic acid groups (broad SMARTS) is 1. The van der Waals surface area contributed by atoms with E-state index in [1.54, 1.807) is 30.0 Å². The van der Waals surface area contributed by atoms with Gasteiger partial charge in [-0.25, -0.2) is 0 Å². The molecule has 1 aromatic rings. The Kier molecular flexibility index (Phi) is 3.43. The second-order valence-corrected chi connectivity index (χ2v) is 5.77. The zero-order valence-corrected chi connectivity index (χ0v) is 11.6. The lowest BCUT2D eigenvalue weighted by molar-refractivity contribution is -0.147. The van der Waals surface area contributed by atoms with Crippen LogP contribution < -0.4 is 0 Å². The average molecular weight is 312 g/mol. The van der Waals surface area contributed by atoms with Gasteiger partial charge in [-0.3, -0.25) is 9.59 Å². The molecule has 1 aliphatic rings. The van der Waals surface area contributed by atoms with Crippen molar-refractivity contribution in [2.45, 2.75) is 13.3 Å². The molecule has 0 spiro atoms. The number of amides is 1. The van der Waals surface area contributed by atoms with Crippen molar-refractivity contribution >= 4 is 27.8 Å². The summed E-state index contributed by atoms with van der Waals surface area (Å²) in [6, 6.07) is 7.13. The summed E-state index contributed by atoms with van der Waals surface area (Å²) in [4.78, 5) is 25.0. The highest BCUT2D eigenvalue weighted by atomic mass is 79.9. The second-order valence-electron chi connectivity index (χ2n) is 4.85. The van der Waals surface area contributed by atoms with Gasteiger partial charge in [0, 0.05) is 23.1 Å². The molecule has 2 rings (SSSR count). The zero-order chi connectivity index (χ0) is 13.3. The third-order valence-electron chi connectivity index (χ3n) is 3.35. The molecule has 1 aliphatic heterocycles. The Hall–Kier alpha value is -1.36. The van der Waals surface area contributed by atoms with E-state index in [1.807, 2.05) is 6.07 Å². The summed E-state index contributed by atoms with van der Waals surface area (Å²) in [5, 5.41) is 9.14. The van der Waals surface area contributed by atoms with Crippen LogP contribution in [0.25, 0.3) is 0 Å². The Labute approximate surface area is 114 Å². The van der Waals surface area contributed by atoms with E-state index >= 15 is 0 Å². The molecule has 5 heteroatoms. The van der Waals surface area contributed by atoms with Gasteiger partial charge in [-0.2, -0.15) is 0 Å². The van der Waals surface area contributed by atoms with Crippen molar-refractivity contribution in [1.82, 2.24) is 4.90 Å². The molecule has 0 saturated carbocycles. The topological polar surface area (TPSA) is 57.6 Å². The SMILES string of the molecule is C[C@]1(C(=O)O)CCN(C(=O)c2cccc(Br)c2)C1. The van der Waals surface area contributed by atoms with E-state index < -0.39 is 11.4 Å². The van der Waals surface area contributed by atoms with Crippen molar-refractivity contribution in [3.8, 4) is 0 Å². The number of hydrogen-bond donors (Lipinski definition) is 1. The molecule has 0 aliphatic carbocycles. The first kappa shape index (κ1) is 13.1. The minimum absolute atomic E-state index is 0.110. The molecule has 1 fully saturated rings. The number of rotatable bonds is 2. The lowest BCUT2D eigenvalue weighted by Gasteiger charge is -2.20. The van der Waals surface area contributed by atoms with Gasteiger partial charge < -0.3 is 10.0 Å². The number of likely N-dealkylation sites (tertiary alicyclic amines) is 1. The number of aliphatic carboxylic acids is 1. The van der Waals surface area contributed by atoms with Gasteiger partial charge in [0.2, 0.25) is 0 Å². The fraction of sp³-hybridized carbons (Fsp3) is 0.385. The number of carboxylic acids is 1. The average Bonchev–Trinajstić information content (AvgIpc) is 2.72. The van der Waals surface area contributed by atoms with Gasteiger partial charge in [0.1, 0.15) is 0 Å². The predicted molar refractivity (Wildman–Crippen MR) is 70.4 cm³/mol. The summed E-state index contributed by atoms with van der Waals surface area (Å²) in [7, 11) is 0. The number of carbonyl (C=O) groups is 2. The first-order valence-electron chi connectivity index (χ1n) is 5.71. The minimum atomic E-state index is -0.841. The molecule has 0 radical (unpaired) electrons. The maximum Gasteiger partial charge on any atom is 0.311 e. The first-order valence-corrected chi connectivity index (χ1v) is 6.50. The number of halogens is 1. The highest BCUT2D eigenvalue weighted by Crippen LogP contribution is 2.31. The molecule has 1 heterocycles. The van der Waals surface area contributed by atoms with E-state index in [0.717, 1.165) is 4.47 Å². The van der Waals surface area contributed by atoms with E-state index in [1.165, 1.54) is 0 Å². The van der Waals surface area contributed by atoms with Gasteiger partial charge in [-0.05, 0) is 31.5 Å². The summed E-state index contributed by atoms with van der Waals surface area (Å²) in [5.74, 6) is -0.951. The number of hydrogen-bond acceptors (Lipinski definition) is 2. The van der Waals surface area contributed by atoms with Gasteiger partial charge in [-0.1, -0.05) is 22.0 Å². The monoisotopic (exact) mass is 311 g/mol. The fourth-order valence-corrected chi connectivity index (χ4v) is 2.51. The summed E-state index contributed by atoms with van der Waals surface area (Å²) in [5.41, 5.74) is -0.235. The Balaban J connectivity index is 2.15. The standard InChI is InChI=1S/C13H14BrNO3/c1-13(12(17)18)5-6-15(8-13)11(16)9-3-2-4-10(14)7-9/h2-4,7H,5-6,8H2,1H3,(H,17,18)/t13-/m0/s1. The van der Waals surface area contributed by atoms with Crippen molar-refractivity contribution in [3.05, 3.63) is 34.3 Å². The van der Waals surface area contributed by atoms with Crippen LogP contribution in [0.4, 0.5) is 0 Å². The largest absolute Gasteiger partial charge is 0.481 e. The molecule has 1 atom stereocenters. The van der Waals surface area contributed by atoms with Gasteiger partial charge in [-0.15, -0.1) is 0 Å². The number of carbonyl (C=O) groups excluding carboxylic acids is 1. The fourth-order valence-electron chi connectivity index (χ4n) is 2.11. The molecule has 1 aromatic carbocycles. The maximum absolute atomic E-state index is 12.2. The second kappa shape index (κ2) is 4.72. The Morgan fingerprint density at radius 3 is 2.72 bits per heavy atom. The van der Waals surface area contributed by atoms with E-state index in [-0.39, 0.29) is 12.5 Å². The summed E-state index contributed by atoms with van der Waals surface area (Å²) < 4.78 is 0.841. The molecule has 1 saturated heterocycles. The molecule has 0 bridgehead atoms. The molecule has 1 amide bonds. The molecule has 1 N–H and O–H groups in total. The summed E-state index contributed by atoms with van der Waals surface area (Å²) in [6.07, 6.45) is 0.502. The normalized spacial score (nSPS) is 23.1. The Morgan fingerprint density at radius 1 is 1.44 bits per heavy atom. The maximum atomic E-state index is 12.2. The van der Waals surface area contributed by atoms with Crippen LogP contribution in [0.3, 0.4) is 0 Å². The van der Waals surface area contributed by atoms with Crippen molar-refractivity contribution < 1.29 is 14.7 Å². The third kappa shape index (κ3) is 2.41. The van der Waals surface area contributed by atoms with E-state index in [9.17, 15) is 9.59 Å². The molecule has 0 aromatic heterocycles. The summed E-state index contributed by atoms with van der Waals surface area (Å²) >= 11 is 3.32. The Bertz CT molecular complexity index is 503. The van der Waals surface area contributed by atoms with E-state index in [0.29, 0.717) is 18.5 Å². The van der Waals surface area contributed by atoms with Crippen LogP contribution in [0, 0.1) is 5.41 Å². The van der Waals surface area contributed by atoms with Gasteiger partial charge >= 0.3 is 5.97 Å². The predicted octanol–water partition coefficient (Wildman–Crippen LogP) is 2.39. The summed E-state index contributed by atoms with van der Waals surface area (Å²) in [6.45, 7) is 2.45. The van der Waals surface area contributed by atoms with E-state index in [2.05, 4.69) is 15.9 Å². The lowest BCUT2D eigenvalue weighted by Crippen LogP contribution is -2.34. The van der Waals surface area contributed by atoms with Gasteiger partial charge in [0.15, 0.2) is 0 Å². The van der Waals surface area contributed by atoms with Crippen LogP contribution in [0.2, 0.25) is 0 Å². The zero-order valence-electron chi connectivity index (χ0n) is 10.0. The molecular formula is C13H14BrNO3. The highest BCUT2D eigenvalue weighted by Gasteiger charge is 2.42. The van der Waals surface area contributed by atoms with Crippen LogP contribution in [-0.2, 0) is 4.79 Å². The van der Waals surface area contributed by atoms with Crippen molar-refractivity contribution in [1.29, 1.82) is 0 Å². The van der Waals surface area contributed by atoms with Crippen molar-refractivity contribution in [2.24, 2.45) is 5.41 Å². The van der Waals surface area contributed by atoms with Crippen molar-refractivity contribution in [3.63, 3.8) is 0 Å². The number of benzene rings is 1. The van der Waals surface area contributed by atoms with Crippen molar-refractivity contribution in [2.75, 3.05) is 13.1 Å². The number of nitrogens with zero attached hydrogens (tertiary/aromatic N) is 1. The van der Waals surface area contributed by atoms with Gasteiger partial charge in [0.05, 0.1) is 5.41 Å². The first-order chi connectivity index (χ1) is 8.42. The molecule has 0 unspecified atom stereocenters. The molecule has 18 heavy (non-hydrogen) atoms. The smallest absolute Gasteiger partial charge is 0.311 e.